The average Bonchev–Trinajstić information content (AvgIpc) is 2.54. The van der Waals surface area contributed by atoms with Crippen LogP contribution in [0.4, 0.5) is 0 Å². The number of rotatable bonds is 9. The van der Waals surface area contributed by atoms with Gasteiger partial charge in [0.05, 0.1) is 13.2 Å². The minimum atomic E-state index is -1.01. The summed E-state index contributed by atoms with van der Waals surface area (Å²) in [5, 5.41) is 8.57. The minimum absolute atomic E-state index is 0.0681. The van der Waals surface area contributed by atoms with Crippen LogP contribution in [0.3, 0.4) is 0 Å². The molecule has 0 aromatic heterocycles. The monoisotopic (exact) mass is 310 g/mol. The fraction of sp³-hybridized carbons (Fsp3) is 0.562. The molecule has 1 N–H and O–H groups in total. The summed E-state index contributed by atoms with van der Waals surface area (Å²) in [6, 6.07) is 6.94. The lowest BCUT2D eigenvalue weighted by Crippen LogP contribution is -2.23. The quantitative estimate of drug-likeness (QED) is 0.706. The molecule has 1 saturated heterocycles. The van der Waals surface area contributed by atoms with Gasteiger partial charge in [-0.15, -0.1) is 0 Å². The van der Waals surface area contributed by atoms with Gasteiger partial charge in [-0.2, -0.15) is 0 Å². The van der Waals surface area contributed by atoms with E-state index in [-0.39, 0.29) is 12.9 Å². The van der Waals surface area contributed by atoms with Crippen LogP contribution in [0.1, 0.15) is 25.7 Å². The van der Waals surface area contributed by atoms with Crippen LogP contribution in [0, 0.1) is 0 Å². The van der Waals surface area contributed by atoms with Gasteiger partial charge in [0.25, 0.3) is 0 Å². The molecule has 0 saturated carbocycles. The van der Waals surface area contributed by atoms with Crippen molar-refractivity contribution in [2.75, 3.05) is 26.4 Å². The van der Waals surface area contributed by atoms with E-state index in [2.05, 4.69) is 0 Å². The van der Waals surface area contributed by atoms with Gasteiger partial charge in [-0.25, -0.2) is 4.79 Å². The van der Waals surface area contributed by atoms with Crippen LogP contribution in [0.5, 0.6) is 11.5 Å². The number of hydrogen-bond donors (Lipinski definition) is 1. The van der Waals surface area contributed by atoms with Crippen LogP contribution < -0.4 is 9.47 Å². The largest absolute Gasteiger partial charge is 0.493 e. The van der Waals surface area contributed by atoms with Gasteiger partial charge in [-0.05, 0) is 31.4 Å². The first-order valence-corrected chi connectivity index (χ1v) is 7.55. The Morgan fingerprint density at radius 1 is 1.23 bits per heavy atom. The second-order valence-electron chi connectivity index (χ2n) is 5.03. The zero-order valence-corrected chi connectivity index (χ0v) is 12.5. The highest BCUT2D eigenvalue weighted by Crippen LogP contribution is 2.19. The molecule has 0 aliphatic carbocycles. The number of ether oxygens (including phenoxy) is 4. The molecule has 2 rings (SSSR count). The average molecular weight is 310 g/mol. The van der Waals surface area contributed by atoms with Crippen LogP contribution in [0.15, 0.2) is 24.3 Å². The molecule has 6 heteroatoms. The molecule has 1 aromatic rings. The normalized spacial score (nSPS) is 17.9. The van der Waals surface area contributed by atoms with Crippen molar-refractivity contribution < 1.29 is 28.8 Å². The highest BCUT2D eigenvalue weighted by atomic mass is 16.7. The molecule has 1 atom stereocenters. The first-order chi connectivity index (χ1) is 10.7. The summed E-state index contributed by atoms with van der Waals surface area (Å²) in [5.74, 6) is 0.122. The number of hydrogen-bond acceptors (Lipinski definition) is 5. The Labute approximate surface area is 129 Å². The van der Waals surface area contributed by atoms with Crippen molar-refractivity contribution in [1.82, 2.24) is 0 Å². The van der Waals surface area contributed by atoms with E-state index >= 15 is 0 Å². The van der Waals surface area contributed by atoms with Crippen molar-refractivity contribution >= 4 is 5.97 Å². The molecule has 0 radical (unpaired) electrons. The molecule has 1 aromatic carbocycles. The molecule has 1 unspecified atom stereocenters. The second-order valence-corrected chi connectivity index (χ2v) is 5.03. The van der Waals surface area contributed by atoms with Gasteiger partial charge in [-0.1, -0.05) is 6.07 Å². The van der Waals surface area contributed by atoms with Crippen LogP contribution in [0.2, 0.25) is 0 Å². The SMILES string of the molecule is O=C(O)COc1cccc(OCCCOC2CCCCO2)c1. The maximum atomic E-state index is 10.5. The van der Waals surface area contributed by atoms with Gasteiger partial charge >= 0.3 is 5.97 Å². The molecule has 6 nitrogen and oxygen atoms in total. The number of aliphatic carboxylic acids is 1. The van der Waals surface area contributed by atoms with Crippen LogP contribution in [0.25, 0.3) is 0 Å². The van der Waals surface area contributed by atoms with E-state index in [0.717, 1.165) is 32.3 Å². The van der Waals surface area contributed by atoms with Crippen molar-refractivity contribution in [1.29, 1.82) is 0 Å². The predicted molar refractivity (Wildman–Crippen MR) is 79.2 cm³/mol. The van der Waals surface area contributed by atoms with E-state index in [1.165, 1.54) is 0 Å². The lowest BCUT2D eigenvalue weighted by Gasteiger charge is -2.22. The van der Waals surface area contributed by atoms with E-state index < -0.39 is 5.97 Å². The Bertz CT molecular complexity index is 456. The smallest absolute Gasteiger partial charge is 0.341 e. The van der Waals surface area contributed by atoms with Gasteiger partial charge in [0.2, 0.25) is 0 Å². The van der Waals surface area contributed by atoms with E-state index in [0.29, 0.717) is 24.7 Å². The maximum Gasteiger partial charge on any atom is 0.341 e. The third-order valence-electron chi connectivity index (χ3n) is 3.17. The van der Waals surface area contributed by atoms with Gasteiger partial charge < -0.3 is 24.1 Å². The van der Waals surface area contributed by atoms with Crippen LogP contribution in [-0.2, 0) is 14.3 Å². The molecule has 1 heterocycles. The molecule has 122 valence electrons. The van der Waals surface area contributed by atoms with Crippen LogP contribution in [-0.4, -0.2) is 43.8 Å². The van der Waals surface area contributed by atoms with Crippen molar-refractivity contribution in [3.8, 4) is 11.5 Å². The summed E-state index contributed by atoms with van der Waals surface area (Å²) in [6.45, 7) is 1.54. The Morgan fingerprint density at radius 3 is 2.77 bits per heavy atom. The lowest BCUT2D eigenvalue weighted by molar-refractivity contribution is -0.163. The molecule has 0 spiro atoms. The third kappa shape index (κ3) is 6.32. The summed E-state index contributed by atoms with van der Waals surface area (Å²) < 4.78 is 21.8. The van der Waals surface area contributed by atoms with E-state index in [9.17, 15) is 4.79 Å². The second kappa shape index (κ2) is 9.27. The summed E-state index contributed by atoms with van der Waals surface area (Å²) in [6.07, 6.45) is 3.93. The fourth-order valence-corrected chi connectivity index (χ4v) is 2.11. The summed E-state index contributed by atoms with van der Waals surface area (Å²) >= 11 is 0. The minimum Gasteiger partial charge on any atom is -0.493 e. The summed E-state index contributed by atoms with van der Waals surface area (Å²) in [5.41, 5.74) is 0. The maximum absolute atomic E-state index is 10.5. The molecular formula is C16H22O6. The molecule has 22 heavy (non-hydrogen) atoms. The van der Waals surface area contributed by atoms with Gasteiger partial charge in [-0.3, -0.25) is 0 Å². The molecule has 1 aliphatic heterocycles. The number of carboxylic acids is 1. The lowest BCUT2D eigenvalue weighted by atomic mass is 10.2. The van der Waals surface area contributed by atoms with E-state index in [1.807, 2.05) is 0 Å². The van der Waals surface area contributed by atoms with Crippen molar-refractivity contribution in [3.63, 3.8) is 0 Å². The Morgan fingerprint density at radius 2 is 2.05 bits per heavy atom. The zero-order chi connectivity index (χ0) is 15.6. The topological polar surface area (TPSA) is 74.2 Å². The predicted octanol–water partition coefficient (Wildman–Crippen LogP) is 2.46. The van der Waals surface area contributed by atoms with E-state index in [1.54, 1.807) is 24.3 Å². The molecular weight excluding hydrogens is 288 g/mol. The highest BCUT2D eigenvalue weighted by molar-refractivity contribution is 5.68. The first-order valence-electron chi connectivity index (χ1n) is 7.55. The van der Waals surface area contributed by atoms with Crippen molar-refractivity contribution in [3.05, 3.63) is 24.3 Å². The number of benzene rings is 1. The Balaban J connectivity index is 1.61. The van der Waals surface area contributed by atoms with Crippen molar-refractivity contribution in [2.45, 2.75) is 32.0 Å². The Hall–Kier alpha value is -1.79. The molecule has 0 bridgehead atoms. The highest BCUT2D eigenvalue weighted by Gasteiger charge is 2.13. The number of carboxylic acid groups (broad SMARTS) is 1. The number of carbonyl (C=O) groups is 1. The van der Waals surface area contributed by atoms with Gasteiger partial charge in [0, 0.05) is 19.1 Å². The van der Waals surface area contributed by atoms with Gasteiger partial charge in [0.15, 0.2) is 12.9 Å². The fourth-order valence-electron chi connectivity index (χ4n) is 2.11. The third-order valence-corrected chi connectivity index (χ3v) is 3.17. The molecule has 1 aliphatic rings. The van der Waals surface area contributed by atoms with Crippen molar-refractivity contribution in [2.24, 2.45) is 0 Å². The van der Waals surface area contributed by atoms with Gasteiger partial charge in [0.1, 0.15) is 11.5 Å². The molecule has 1 fully saturated rings. The summed E-state index contributed by atoms with van der Waals surface area (Å²) in [4.78, 5) is 10.5. The van der Waals surface area contributed by atoms with E-state index in [4.69, 9.17) is 24.1 Å². The van der Waals surface area contributed by atoms with Crippen LogP contribution >= 0.6 is 0 Å². The molecule has 0 amide bonds. The first kappa shape index (κ1) is 16.6. The zero-order valence-electron chi connectivity index (χ0n) is 12.5. The summed E-state index contributed by atoms with van der Waals surface area (Å²) in [7, 11) is 0. The Kier molecular flexibility index (Phi) is 6.99. The standard InChI is InChI=1S/C16H22O6/c17-15(18)12-22-14-6-3-5-13(11-14)19-9-4-10-21-16-7-1-2-8-20-16/h3,5-6,11,16H,1-2,4,7-10,12H2,(H,17,18).